The molecule has 1 fully saturated rings. The van der Waals surface area contributed by atoms with Gasteiger partial charge in [0.25, 0.3) is 0 Å². The van der Waals surface area contributed by atoms with E-state index in [2.05, 4.69) is 49.1 Å². The molecule has 5 rings (SSSR count). The molecular weight excluding hydrogens is 331 g/mol. The summed E-state index contributed by atoms with van der Waals surface area (Å²) in [7, 11) is 2.15. The van der Waals surface area contributed by atoms with Gasteiger partial charge in [0, 0.05) is 37.3 Å². The molecule has 0 saturated carbocycles. The minimum absolute atomic E-state index is 0.283. The van der Waals surface area contributed by atoms with Crippen molar-refractivity contribution in [3.05, 3.63) is 42.2 Å². The zero-order valence-electron chi connectivity index (χ0n) is 14.5. The first-order valence-electron chi connectivity index (χ1n) is 8.75. The summed E-state index contributed by atoms with van der Waals surface area (Å²) >= 11 is 0. The number of benzene rings is 2. The number of hydrogen-bond donors (Lipinski definition) is 2. The molecule has 4 aromatic rings. The lowest BCUT2D eigenvalue weighted by Gasteiger charge is -2.34. The predicted molar refractivity (Wildman–Crippen MR) is 101 cm³/mol. The summed E-state index contributed by atoms with van der Waals surface area (Å²) in [4.78, 5) is 12.8. The first-order valence-corrected chi connectivity index (χ1v) is 8.75. The van der Waals surface area contributed by atoms with E-state index < -0.39 is 0 Å². The van der Waals surface area contributed by atoms with E-state index in [9.17, 15) is 4.39 Å². The number of anilines is 1. The second kappa shape index (κ2) is 5.81. The van der Waals surface area contributed by atoms with Crippen molar-refractivity contribution in [1.29, 1.82) is 0 Å². The quantitative estimate of drug-likeness (QED) is 0.583. The second-order valence-corrected chi connectivity index (χ2v) is 6.84. The highest BCUT2D eigenvalue weighted by atomic mass is 19.1. The summed E-state index contributed by atoms with van der Waals surface area (Å²) in [6.07, 6.45) is 0. The van der Waals surface area contributed by atoms with Crippen molar-refractivity contribution < 1.29 is 4.39 Å². The van der Waals surface area contributed by atoms with Crippen LogP contribution in [0.4, 0.5) is 10.1 Å². The maximum absolute atomic E-state index is 13.4. The molecule has 6 nitrogen and oxygen atoms in total. The Morgan fingerprint density at radius 2 is 1.85 bits per heavy atom. The number of halogens is 1. The lowest BCUT2D eigenvalue weighted by Crippen LogP contribution is -2.44. The van der Waals surface area contributed by atoms with E-state index in [0.29, 0.717) is 17.0 Å². The van der Waals surface area contributed by atoms with Crippen LogP contribution in [0.15, 0.2) is 36.4 Å². The SMILES string of the molecule is CN1CCN(c2ccc3nc(-c4n[nH]c5cc(F)ccc45)[nH]c3c2)CC1. The van der Waals surface area contributed by atoms with Gasteiger partial charge in [-0.25, -0.2) is 9.37 Å². The van der Waals surface area contributed by atoms with Crippen LogP contribution in [0.3, 0.4) is 0 Å². The molecule has 0 amide bonds. The Kier molecular flexibility index (Phi) is 3.43. The predicted octanol–water partition coefficient (Wildman–Crippen LogP) is 3.00. The van der Waals surface area contributed by atoms with Crippen molar-refractivity contribution in [3.8, 4) is 11.5 Å². The van der Waals surface area contributed by atoms with Crippen LogP contribution in [0.25, 0.3) is 33.5 Å². The average Bonchev–Trinajstić information content (AvgIpc) is 3.24. The van der Waals surface area contributed by atoms with Crippen molar-refractivity contribution in [3.63, 3.8) is 0 Å². The van der Waals surface area contributed by atoms with E-state index in [4.69, 9.17) is 0 Å². The number of aromatic amines is 2. The summed E-state index contributed by atoms with van der Waals surface area (Å²) < 4.78 is 13.4. The molecular formula is C19H19FN6. The number of H-pyrrole nitrogens is 2. The molecule has 0 atom stereocenters. The van der Waals surface area contributed by atoms with Gasteiger partial charge in [-0.15, -0.1) is 0 Å². The van der Waals surface area contributed by atoms with E-state index in [1.165, 1.54) is 17.8 Å². The Labute approximate surface area is 149 Å². The molecule has 1 aliphatic heterocycles. The minimum atomic E-state index is -0.283. The van der Waals surface area contributed by atoms with Gasteiger partial charge in [0.1, 0.15) is 11.5 Å². The Balaban J connectivity index is 1.53. The monoisotopic (exact) mass is 350 g/mol. The number of hydrogen-bond acceptors (Lipinski definition) is 4. The van der Waals surface area contributed by atoms with E-state index >= 15 is 0 Å². The molecule has 0 bridgehead atoms. The van der Waals surface area contributed by atoms with E-state index in [1.54, 1.807) is 6.07 Å². The summed E-state index contributed by atoms with van der Waals surface area (Å²) in [5.74, 6) is 0.405. The van der Waals surface area contributed by atoms with Gasteiger partial charge < -0.3 is 14.8 Å². The molecule has 132 valence electrons. The molecule has 2 N–H and O–H groups in total. The van der Waals surface area contributed by atoms with Gasteiger partial charge in [-0.3, -0.25) is 5.10 Å². The number of nitrogens with one attached hydrogen (secondary N) is 2. The fourth-order valence-electron chi connectivity index (χ4n) is 3.54. The van der Waals surface area contributed by atoms with Crippen molar-refractivity contribution in [2.24, 2.45) is 0 Å². The van der Waals surface area contributed by atoms with Gasteiger partial charge in [0.15, 0.2) is 5.82 Å². The molecule has 2 aromatic heterocycles. The van der Waals surface area contributed by atoms with Crippen molar-refractivity contribution in [2.45, 2.75) is 0 Å². The molecule has 0 spiro atoms. The van der Waals surface area contributed by atoms with Crippen molar-refractivity contribution in [1.82, 2.24) is 25.1 Å². The number of piperazine rings is 1. The van der Waals surface area contributed by atoms with Crippen LogP contribution in [0.1, 0.15) is 0 Å². The van der Waals surface area contributed by atoms with Crippen LogP contribution >= 0.6 is 0 Å². The molecule has 0 radical (unpaired) electrons. The Morgan fingerprint density at radius 1 is 1.00 bits per heavy atom. The summed E-state index contributed by atoms with van der Waals surface area (Å²) in [6, 6.07) is 10.9. The molecule has 0 unspecified atom stereocenters. The lowest BCUT2D eigenvalue weighted by atomic mass is 10.2. The summed E-state index contributed by atoms with van der Waals surface area (Å²) in [5.41, 5.74) is 4.46. The Morgan fingerprint density at radius 3 is 2.69 bits per heavy atom. The van der Waals surface area contributed by atoms with Crippen molar-refractivity contribution >= 4 is 27.6 Å². The number of nitrogens with zero attached hydrogens (tertiary/aromatic N) is 4. The molecule has 3 heterocycles. The standard InChI is InChI=1S/C19H19FN6/c1-25-6-8-26(9-7-25)13-3-5-15-17(11-13)22-19(21-15)18-14-4-2-12(20)10-16(14)23-24-18/h2-5,10-11H,6-9H2,1H3,(H,21,22)(H,23,24). The third-order valence-electron chi connectivity index (χ3n) is 5.08. The third-order valence-corrected chi connectivity index (χ3v) is 5.08. The van der Waals surface area contributed by atoms with Crippen molar-refractivity contribution in [2.75, 3.05) is 38.1 Å². The van der Waals surface area contributed by atoms with E-state index in [0.717, 1.165) is 42.6 Å². The van der Waals surface area contributed by atoms with Gasteiger partial charge in [0.05, 0.1) is 16.6 Å². The Bertz CT molecular complexity index is 1090. The molecule has 2 aromatic carbocycles. The van der Waals surface area contributed by atoms with Gasteiger partial charge in [-0.05, 0) is 43.4 Å². The molecule has 7 heteroatoms. The highest BCUT2D eigenvalue weighted by molar-refractivity contribution is 5.93. The Hall–Kier alpha value is -2.93. The fourth-order valence-corrected chi connectivity index (χ4v) is 3.54. The highest BCUT2D eigenvalue weighted by Crippen LogP contribution is 2.28. The van der Waals surface area contributed by atoms with Crippen LogP contribution in [0.5, 0.6) is 0 Å². The van der Waals surface area contributed by atoms with Crippen LogP contribution < -0.4 is 4.90 Å². The zero-order valence-corrected chi connectivity index (χ0v) is 14.5. The number of imidazole rings is 1. The number of aromatic nitrogens is 4. The van der Waals surface area contributed by atoms with Gasteiger partial charge in [0.2, 0.25) is 0 Å². The molecule has 0 aliphatic carbocycles. The summed E-state index contributed by atoms with van der Waals surface area (Å²) in [6.45, 7) is 4.20. The number of likely N-dealkylation sites (N-methyl/N-ethyl adjacent to an activating group) is 1. The number of rotatable bonds is 2. The maximum atomic E-state index is 13.4. The maximum Gasteiger partial charge on any atom is 0.159 e. The topological polar surface area (TPSA) is 63.8 Å². The lowest BCUT2D eigenvalue weighted by molar-refractivity contribution is 0.313. The second-order valence-electron chi connectivity index (χ2n) is 6.84. The molecule has 1 aliphatic rings. The fraction of sp³-hybridized carbons (Fsp3) is 0.263. The van der Waals surface area contributed by atoms with Crippen LogP contribution in [0, 0.1) is 5.82 Å². The van der Waals surface area contributed by atoms with Crippen LogP contribution in [-0.4, -0.2) is 58.3 Å². The first kappa shape index (κ1) is 15.3. The third kappa shape index (κ3) is 2.52. The number of fused-ring (bicyclic) bond motifs is 2. The first-order chi connectivity index (χ1) is 12.7. The van der Waals surface area contributed by atoms with Gasteiger partial charge in [-0.1, -0.05) is 0 Å². The molecule has 26 heavy (non-hydrogen) atoms. The van der Waals surface area contributed by atoms with Crippen LogP contribution in [0.2, 0.25) is 0 Å². The smallest absolute Gasteiger partial charge is 0.159 e. The van der Waals surface area contributed by atoms with Crippen LogP contribution in [-0.2, 0) is 0 Å². The van der Waals surface area contributed by atoms with Gasteiger partial charge in [-0.2, -0.15) is 5.10 Å². The summed E-state index contributed by atoms with van der Waals surface area (Å²) in [5, 5.41) is 8.05. The van der Waals surface area contributed by atoms with E-state index in [1.807, 2.05) is 6.07 Å². The average molecular weight is 350 g/mol. The van der Waals surface area contributed by atoms with E-state index in [-0.39, 0.29) is 5.82 Å². The highest BCUT2D eigenvalue weighted by Gasteiger charge is 2.17. The minimum Gasteiger partial charge on any atom is -0.369 e. The normalized spacial score (nSPS) is 16.0. The largest absolute Gasteiger partial charge is 0.369 e. The van der Waals surface area contributed by atoms with Gasteiger partial charge >= 0.3 is 0 Å². The zero-order chi connectivity index (χ0) is 17.7. The molecule has 1 saturated heterocycles.